The molecule has 2 aromatic carbocycles. The molecule has 1 aliphatic heterocycles. The topological polar surface area (TPSA) is 30.5 Å². The van der Waals surface area contributed by atoms with Gasteiger partial charge in [-0.3, -0.25) is 0 Å². The second-order valence-corrected chi connectivity index (χ2v) is 3.96. The van der Waals surface area contributed by atoms with Crippen LogP contribution in [0.2, 0.25) is 0 Å². The Balaban J connectivity index is 1.90. The van der Waals surface area contributed by atoms with Crippen LogP contribution in [-0.4, -0.2) is 13.2 Å². The quantitative estimate of drug-likeness (QED) is 0.880. The Morgan fingerprint density at radius 1 is 0.944 bits per heavy atom. The average molecular weight is 245 g/mol. The van der Waals surface area contributed by atoms with E-state index in [4.69, 9.17) is 9.47 Å². The first-order valence-corrected chi connectivity index (χ1v) is 5.74. The zero-order valence-electron chi connectivity index (χ0n) is 9.65. The Bertz CT molecular complexity index is 554. The van der Waals surface area contributed by atoms with Crippen LogP contribution in [0.25, 0.3) is 0 Å². The minimum Gasteiger partial charge on any atom is -0.486 e. The molecule has 3 nitrogen and oxygen atoms in total. The van der Waals surface area contributed by atoms with Gasteiger partial charge in [0.15, 0.2) is 11.5 Å². The maximum Gasteiger partial charge on any atom is 0.184 e. The molecular formula is C14H12FNO2. The normalized spacial score (nSPS) is 13.2. The molecule has 0 saturated heterocycles. The number of para-hydroxylation sites is 1. The van der Waals surface area contributed by atoms with E-state index in [0.29, 0.717) is 19.0 Å². The molecule has 1 aliphatic rings. The van der Waals surface area contributed by atoms with Gasteiger partial charge in [0.2, 0.25) is 0 Å². The molecule has 1 heterocycles. The van der Waals surface area contributed by atoms with Crippen LogP contribution in [0.15, 0.2) is 42.5 Å². The van der Waals surface area contributed by atoms with Gasteiger partial charge in [-0.2, -0.15) is 0 Å². The molecule has 92 valence electrons. The zero-order chi connectivity index (χ0) is 12.4. The summed E-state index contributed by atoms with van der Waals surface area (Å²) >= 11 is 0. The number of anilines is 2. The van der Waals surface area contributed by atoms with Crippen molar-refractivity contribution in [2.45, 2.75) is 0 Å². The summed E-state index contributed by atoms with van der Waals surface area (Å²) in [7, 11) is 0. The first-order valence-electron chi connectivity index (χ1n) is 5.74. The maximum absolute atomic E-state index is 12.8. The van der Waals surface area contributed by atoms with Crippen molar-refractivity contribution in [3.05, 3.63) is 48.3 Å². The Labute approximate surface area is 104 Å². The first kappa shape index (κ1) is 10.9. The molecular weight excluding hydrogens is 233 g/mol. The lowest BCUT2D eigenvalue weighted by Gasteiger charge is -2.21. The predicted molar refractivity (Wildman–Crippen MR) is 67.1 cm³/mol. The average Bonchev–Trinajstić information content (AvgIpc) is 2.42. The van der Waals surface area contributed by atoms with Crippen molar-refractivity contribution < 1.29 is 13.9 Å². The Morgan fingerprint density at radius 3 is 2.56 bits per heavy atom. The number of fused-ring (bicyclic) bond motifs is 1. The van der Waals surface area contributed by atoms with E-state index in [0.717, 1.165) is 17.1 Å². The Hall–Kier alpha value is -2.23. The van der Waals surface area contributed by atoms with Crippen molar-refractivity contribution in [2.75, 3.05) is 18.5 Å². The van der Waals surface area contributed by atoms with Gasteiger partial charge in [0.05, 0.1) is 5.69 Å². The summed E-state index contributed by atoms with van der Waals surface area (Å²) in [6, 6.07) is 11.8. The summed E-state index contributed by atoms with van der Waals surface area (Å²) in [6.45, 7) is 1.10. The number of halogens is 1. The van der Waals surface area contributed by atoms with E-state index in [1.54, 1.807) is 12.1 Å². The molecule has 0 aliphatic carbocycles. The molecule has 3 rings (SSSR count). The molecule has 0 atom stereocenters. The SMILES string of the molecule is Fc1ccc(Nc2cccc3c2OCCO3)cc1. The van der Waals surface area contributed by atoms with E-state index in [2.05, 4.69) is 5.32 Å². The van der Waals surface area contributed by atoms with Crippen LogP contribution in [0, 0.1) is 5.82 Å². The van der Waals surface area contributed by atoms with Gasteiger partial charge in [0, 0.05) is 5.69 Å². The number of ether oxygens (including phenoxy) is 2. The van der Waals surface area contributed by atoms with Gasteiger partial charge < -0.3 is 14.8 Å². The second-order valence-electron chi connectivity index (χ2n) is 3.96. The van der Waals surface area contributed by atoms with Crippen LogP contribution in [0.4, 0.5) is 15.8 Å². The highest BCUT2D eigenvalue weighted by Crippen LogP contribution is 2.38. The van der Waals surface area contributed by atoms with E-state index in [-0.39, 0.29) is 5.82 Å². The Kier molecular flexibility index (Phi) is 2.76. The van der Waals surface area contributed by atoms with E-state index in [1.807, 2.05) is 18.2 Å². The monoisotopic (exact) mass is 245 g/mol. The van der Waals surface area contributed by atoms with Crippen LogP contribution in [-0.2, 0) is 0 Å². The first-order chi connectivity index (χ1) is 8.83. The summed E-state index contributed by atoms with van der Waals surface area (Å²) in [5, 5.41) is 3.19. The minimum atomic E-state index is -0.254. The van der Waals surface area contributed by atoms with Crippen LogP contribution in [0.1, 0.15) is 0 Å². The van der Waals surface area contributed by atoms with Crippen LogP contribution >= 0.6 is 0 Å². The minimum absolute atomic E-state index is 0.254. The molecule has 0 amide bonds. The molecule has 0 unspecified atom stereocenters. The molecule has 0 bridgehead atoms. The van der Waals surface area contributed by atoms with Gasteiger partial charge in [-0.05, 0) is 36.4 Å². The fraction of sp³-hybridized carbons (Fsp3) is 0.143. The zero-order valence-corrected chi connectivity index (χ0v) is 9.65. The molecule has 0 spiro atoms. The predicted octanol–water partition coefficient (Wildman–Crippen LogP) is 3.34. The lowest BCUT2D eigenvalue weighted by atomic mass is 10.2. The van der Waals surface area contributed by atoms with Crippen molar-refractivity contribution in [3.63, 3.8) is 0 Å². The molecule has 0 aromatic heterocycles. The third-order valence-electron chi connectivity index (χ3n) is 2.69. The van der Waals surface area contributed by atoms with E-state index in [1.165, 1.54) is 12.1 Å². The highest BCUT2D eigenvalue weighted by molar-refractivity contribution is 5.70. The molecule has 0 radical (unpaired) electrons. The fourth-order valence-corrected chi connectivity index (χ4v) is 1.86. The maximum atomic E-state index is 12.8. The molecule has 4 heteroatoms. The summed E-state index contributed by atoms with van der Waals surface area (Å²) < 4.78 is 23.9. The van der Waals surface area contributed by atoms with Crippen molar-refractivity contribution >= 4 is 11.4 Å². The lowest BCUT2D eigenvalue weighted by molar-refractivity contribution is 0.172. The molecule has 1 N–H and O–H groups in total. The number of hydrogen-bond acceptors (Lipinski definition) is 3. The number of rotatable bonds is 2. The van der Waals surface area contributed by atoms with Crippen molar-refractivity contribution in [1.29, 1.82) is 0 Å². The van der Waals surface area contributed by atoms with Crippen LogP contribution in [0.5, 0.6) is 11.5 Å². The van der Waals surface area contributed by atoms with Gasteiger partial charge in [0.25, 0.3) is 0 Å². The Morgan fingerprint density at radius 2 is 1.72 bits per heavy atom. The van der Waals surface area contributed by atoms with Gasteiger partial charge >= 0.3 is 0 Å². The summed E-state index contributed by atoms with van der Waals surface area (Å²) in [5.41, 5.74) is 1.62. The fourth-order valence-electron chi connectivity index (χ4n) is 1.86. The van der Waals surface area contributed by atoms with Gasteiger partial charge in [-0.15, -0.1) is 0 Å². The van der Waals surface area contributed by atoms with Gasteiger partial charge in [-0.25, -0.2) is 4.39 Å². The standard InChI is InChI=1S/C14H12FNO2/c15-10-4-6-11(7-5-10)16-12-2-1-3-13-14(12)18-9-8-17-13/h1-7,16H,8-9H2. The number of nitrogens with one attached hydrogen (secondary N) is 1. The molecule has 0 saturated carbocycles. The molecule has 0 fully saturated rings. The summed E-state index contributed by atoms with van der Waals surface area (Å²) in [4.78, 5) is 0. The van der Waals surface area contributed by atoms with Crippen molar-refractivity contribution in [1.82, 2.24) is 0 Å². The highest BCUT2D eigenvalue weighted by atomic mass is 19.1. The third-order valence-corrected chi connectivity index (χ3v) is 2.69. The van der Waals surface area contributed by atoms with Gasteiger partial charge in [-0.1, -0.05) is 6.07 Å². The largest absolute Gasteiger partial charge is 0.486 e. The van der Waals surface area contributed by atoms with E-state index in [9.17, 15) is 4.39 Å². The number of benzene rings is 2. The lowest BCUT2D eigenvalue weighted by Crippen LogP contribution is -2.16. The van der Waals surface area contributed by atoms with E-state index >= 15 is 0 Å². The third kappa shape index (κ3) is 2.09. The van der Waals surface area contributed by atoms with Crippen LogP contribution in [0.3, 0.4) is 0 Å². The van der Waals surface area contributed by atoms with Crippen molar-refractivity contribution in [3.8, 4) is 11.5 Å². The molecule has 2 aromatic rings. The second kappa shape index (κ2) is 4.56. The molecule has 18 heavy (non-hydrogen) atoms. The van der Waals surface area contributed by atoms with Crippen molar-refractivity contribution in [2.24, 2.45) is 0 Å². The summed E-state index contributed by atoms with van der Waals surface area (Å²) in [5.74, 6) is 1.18. The highest BCUT2D eigenvalue weighted by Gasteiger charge is 2.15. The van der Waals surface area contributed by atoms with Gasteiger partial charge in [0.1, 0.15) is 19.0 Å². The van der Waals surface area contributed by atoms with Crippen LogP contribution < -0.4 is 14.8 Å². The smallest absolute Gasteiger partial charge is 0.184 e. The van der Waals surface area contributed by atoms with E-state index < -0.39 is 0 Å². The number of hydrogen-bond donors (Lipinski definition) is 1. The summed E-state index contributed by atoms with van der Waals surface area (Å²) in [6.07, 6.45) is 0.